The van der Waals surface area contributed by atoms with E-state index >= 15 is 0 Å². The summed E-state index contributed by atoms with van der Waals surface area (Å²) in [7, 11) is 1.54. The van der Waals surface area contributed by atoms with Crippen LogP contribution in [0.2, 0.25) is 0 Å². The number of hydrogen-bond donors (Lipinski definition) is 2. The maximum Gasteiger partial charge on any atom is 0.250 e. The van der Waals surface area contributed by atoms with Crippen LogP contribution >= 0.6 is 0 Å². The van der Waals surface area contributed by atoms with E-state index in [9.17, 15) is 14.4 Å². The fourth-order valence-electron chi connectivity index (χ4n) is 5.62. The van der Waals surface area contributed by atoms with Crippen LogP contribution in [0.1, 0.15) is 22.3 Å². The van der Waals surface area contributed by atoms with Crippen molar-refractivity contribution in [2.24, 2.45) is 11.8 Å². The molecule has 2 aromatic rings. The number of aryl methyl sites for hydroxylation is 1. The minimum absolute atomic E-state index is 0.191. The van der Waals surface area contributed by atoms with Crippen LogP contribution in [-0.2, 0) is 31.1 Å². The highest BCUT2D eigenvalue weighted by Gasteiger charge is 2.70. The number of nitrogens with one attached hydrogen (secondary N) is 2. The van der Waals surface area contributed by atoms with Crippen molar-refractivity contribution in [3.05, 3.63) is 64.7 Å². The molecule has 5 rings (SSSR count). The lowest BCUT2D eigenvalue weighted by Gasteiger charge is -2.29. The zero-order valence-corrected chi connectivity index (χ0v) is 18.5. The van der Waals surface area contributed by atoms with E-state index in [2.05, 4.69) is 10.6 Å². The minimum atomic E-state index is -1.26. The maximum atomic E-state index is 13.6. The van der Waals surface area contributed by atoms with Crippen LogP contribution < -0.4 is 10.6 Å². The van der Waals surface area contributed by atoms with Gasteiger partial charge in [0.05, 0.1) is 25.0 Å². The van der Waals surface area contributed by atoms with Crippen molar-refractivity contribution in [2.45, 2.75) is 31.8 Å². The minimum Gasteiger partial charge on any atom is -0.383 e. The van der Waals surface area contributed by atoms with E-state index in [4.69, 9.17) is 4.74 Å². The summed E-state index contributed by atoms with van der Waals surface area (Å²) in [5, 5.41) is 6.52. The molecule has 3 amide bonds. The van der Waals surface area contributed by atoms with Gasteiger partial charge in [-0.2, -0.15) is 0 Å². The first-order valence-corrected chi connectivity index (χ1v) is 11.0. The number of methoxy groups -OCH3 is 1. The number of carbonyl (C=O) groups is 3. The number of ether oxygens (including phenoxy) is 1. The first kappa shape index (κ1) is 20.8. The molecule has 7 heteroatoms. The second-order valence-electron chi connectivity index (χ2n) is 8.96. The molecule has 0 aromatic heterocycles. The molecule has 1 spiro atoms. The van der Waals surface area contributed by atoms with Crippen molar-refractivity contribution >= 4 is 23.4 Å². The number of imide groups is 1. The van der Waals surface area contributed by atoms with E-state index in [1.54, 1.807) is 7.11 Å². The molecule has 0 saturated carbocycles. The van der Waals surface area contributed by atoms with Crippen molar-refractivity contribution in [3.63, 3.8) is 0 Å². The molecule has 0 aliphatic carbocycles. The second kappa shape index (κ2) is 7.53. The Morgan fingerprint density at radius 3 is 2.50 bits per heavy atom. The summed E-state index contributed by atoms with van der Waals surface area (Å²) in [5.74, 6) is -2.20. The third-order valence-electron chi connectivity index (χ3n) is 7.33. The maximum absolute atomic E-state index is 13.6. The highest BCUT2D eigenvalue weighted by atomic mass is 16.5. The van der Waals surface area contributed by atoms with Gasteiger partial charge in [0, 0.05) is 24.4 Å². The van der Waals surface area contributed by atoms with Gasteiger partial charge in [-0.05, 0) is 37.0 Å². The fourth-order valence-corrected chi connectivity index (χ4v) is 5.62. The topological polar surface area (TPSA) is 87.7 Å². The van der Waals surface area contributed by atoms with Crippen molar-refractivity contribution < 1.29 is 19.1 Å². The number of benzene rings is 2. The van der Waals surface area contributed by atoms with Crippen molar-refractivity contribution in [2.75, 3.05) is 25.6 Å². The van der Waals surface area contributed by atoms with Gasteiger partial charge < -0.3 is 10.1 Å². The zero-order chi connectivity index (χ0) is 22.6. The number of amides is 3. The largest absolute Gasteiger partial charge is 0.383 e. The Morgan fingerprint density at radius 1 is 1.03 bits per heavy atom. The zero-order valence-electron chi connectivity index (χ0n) is 18.5. The monoisotopic (exact) mass is 433 g/mol. The predicted octanol–water partition coefficient (Wildman–Crippen LogP) is 1.91. The van der Waals surface area contributed by atoms with Gasteiger partial charge >= 0.3 is 0 Å². The molecule has 3 aliphatic heterocycles. The van der Waals surface area contributed by atoms with Gasteiger partial charge in [-0.25, -0.2) is 0 Å². The van der Waals surface area contributed by atoms with Crippen LogP contribution in [0.25, 0.3) is 0 Å². The molecular formula is C25H27N3O4. The molecule has 4 atom stereocenters. The third-order valence-corrected chi connectivity index (χ3v) is 7.33. The molecule has 7 nitrogen and oxygen atoms in total. The van der Waals surface area contributed by atoms with E-state index in [1.807, 2.05) is 56.3 Å². The van der Waals surface area contributed by atoms with E-state index in [1.165, 1.54) is 4.90 Å². The first-order valence-electron chi connectivity index (χ1n) is 11.0. The average molecular weight is 434 g/mol. The number of hydrogen-bond acceptors (Lipinski definition) is 5. The summed E-state index contributed by atoms with van der Waals surface area (Å²) in [6.07, 6.45) is 0.550. The van der Waals surface area contributed by atoms with Gasteiger partial charge in [0.2, 0.25) is 17.7 Å². The second-order valence-corrected chi connectivity index (χ2v) is 8.96. The lowest BCUT2D eigenvalue weighted by Crippen LogP contribution is -2.53. The molecule has 166 valence electrons. The average Bonchev–Trinajstić information content (AvgIpc) is 3.35. The van der Waals surface area contributed by atoms with E-state index < -0.39 is 17.4 Å². The predicted molar refractivity (Wildman–Crippen MR) is 119 cm³/mol. The quantitative estimate of drug-likeness (QED) is 0.704. The standard InChI is InChI=1S/C25H27N3O4/c1-14-9-10-17-21(15(14)2)26-24(31)25(17)20-19(22(29)28(23(20)30)11-12-32-3)18(27-25)13-16-7-5-4-6-8-16/h4-10,18-20,27H,11-13H2,1-3H3,(H,26,31)/t18-,19-,20+,25-/m1/s1. The molecule has 2 aromatic carbocycles. The molecule has 32 heavy (non-hydrogen) atoms. The number of carbonyl (C=O) groups excluding carboxylic acids is 3. The van der Waals surface area contributed by atoms with Gasteiger partial charge in [0.15, 0.2) is 0 Å². The van der Waals surface area contributed by atoms with Gasteiger partial charge in [0.1, 0.15) is 5.54 Å². The van der Waals surface area contributed by atoms with Gasteiger partial charge in [-0.15, -0.1) is 0 Å². The van der Waals surface area contributed by atoms with Crippen LogP contribution in [0, 0.1) is 25.7 Å². The smallest absolute Gasteiger partial charge is 0.250 e. The van der Waals surface area contributed by atoms with Crippen molar-refractivity contribution in [1.29, 1.82) is 0 Å². The van der Waals surface area contributed by atoms with Crippen LogP contribution in [-0.4, -0.2) is 48.9 Å². The molecular weight excluding hydrogens is 406 g/mol. The molecule has 0 bridgehead atoms. The normalized spacial score (nSPS) is 28.4. The summed E-state index contributed by atoms with van der Waals surface area (Å²) in [6, 6.07) is 13.4. The molecule has 0 radical (unpaired) electrons. The van der Waals surface area contributed by atoms with E-state index in [0.29, 0.717) is 6.42 Å². The van der Waals surface area contributed by atoms with E-state index in [0.717, 1.165) is 27.9 Å². The summed E-state index contributed by atoms with van der Waals surface area (Å²) in [4.78, 5) is 41.9. The van der Waals surface area contributed by atoms with Crippen LogP contribution in [0.3, 0.4) is 0 Å². The lowest BCUT2D eigenvalue weighted by atomic mass is 9.75. The Balaban J connectivity index is 1.63. The Morgan fingerprint density at radius 2 is 1.78 bits per heavy atom. The number of likely N-dealkylation sites (tertiary alicyclic amines) is 1. The SMILES string of the molecule is COCCN1C(=O)[C@H]2[C@@H](C1=O)[C@@]1(N[C@@H]2Cc2ccccc2)C(=O)Nc2c1ccc(C)c2C. The first-order chi connectivity index (χ1) is 15.4. The molecule has 2 N–H and O–H groups in total. The molecule has 2 fully saturated rings. The highest BCUT2D eigenvalue weighted by molar-refractivity contribution is 6.15. The number of rotatable bonds is 5. The summed E-state index contributed by atoms with van der Waals surface area (Å²) in [5.41, 5.74) is 3.34. The molecule has 3 aliphatic rings. The van der Waals surface area contributed by atoms with Gasteiger partial charge in [-0.3, -0.25) is 24.6 Å². The van der Waals surface area contributed by atoms with E-state index in [-0.39, 0.29) is 36.9 Å². The Bertz CT molecular complexity index is 1120. The van der Waals surface area contributed by atoms with Gasteiger partial charge in [0.25, 0.3) is 0 Å². The summed E-state index contributed by atoms with van der Waals surface area (Å²) >= 11 is 0. The number of nitrogens with zero attached hydrogens (tertiary/aromatic N) is 1. The Kier molecular flexibility index (Phi) is 4.91. The fraction of sp³-hybridized carbons (Fsp3) is 0.400. The summed E-state index contributed by atoms with van der Waals surface area (Å²) < 4.78 is 5.13. The van der Waals surface area contributed by atoms with Crippen molar-refractivity contribution in [1.82, 2.24) is 10.2 Å². The molecule has 2 saturated heterocycles. The third kappa shape index (κ3) is 2.77. The van der Waals surface area contributed by atoms with Crippen LogP contribution in [0.15, 0.2) is 42.5 Å². The van der Waals surface area contributed by atoms with Crippen molar-refractivity contribution in [3.8, 4) is 0 Å². The van der Waals surface area contributed by atoms with Crippen LogP contribution in [0.4, 0.5) is 5.69 Å². The number of fused-ring (bicyclic) bond motifs is 4. The lowest BCUT2D eigenvalue weighted by molar-refractivity contribution is -0.143. The highest BCUT2D eigenvalue weighted by Crippen LogP contribution is 2.54. The summed E-state index contributed by atoms with van der Waals surface area (Å²) in [6.45, 7) is 4.42. The Hall–Kier alpha value is -3.03. The van der Waals surface area contributed by atoms with Gasteiger partial charge in [-0.1, -0.05) is 42.5 Å². The molecule has 3 heterocycles. The molecule has 0 unspecified atom stereocenters. The van der Waals surface area contributed by atoms with Crippen LogP contribution in [0.5, 0.6) is 0 Å². The Labute approximate surface area is 187 Å². The number of anilines is 1.